The first-order valence-electron chi connectivity index (χ1n) is 8.49. The van der Waals surface area contributed by atoms with Gasteiger partial charge < -0.3 is 0 Å². The molecule has 126 valence electrons. The van der Waals surface area contributed by atoms with E-state index < -0.39 is 0 Å². The topological polar surface area (TPSA) is 52.2 Å². The Morgan fingerprint density at radius 1 is 0.962 bits per heavy atom. The van der Waals surface area contributed by atoms with E-state index in [4.69, 9.17) is 0 Å². The molecule has 0 aliphatic carbocycles. The molecule has 0 atom stereocenters. The van der Waals surface area contributed by atoms with Crippen molar-refractivity contribution in [2.24, 2.45) is 0 Å². The summed E-state index contributed by atoms with van der Waals surface area (Å²) in [6, 6.07) is 15.9. The fourth-order valence-electron chi connectivity index (χ4n) is 3.49. The van der Waals surface area contributed by atoms with Crippen LogP contribution in [0.25, 0.3) is 33.4 Å². The predicted molar refractivity (Wildman–Crippen MR) is 103 cm³/mol. The first-order chi connectivity index (χ1) is 12.6. The van der Waals surface area contributed by atoms with Gasteiger partial charge in [0.2, 0.25) is 5.78 Å². The standard InChI is InChI=1S/C21H16N4O/c1-13-7-8-14(2)19(11-13)24-10-9-17-15(20(24)26)12-22-21-23-16-5-3-4-6-18(16)25(17)21/h3-12H,1-2H3. The smallest absolute Gasteiger partial charge is 0.266 e. The molecule has 5 nitrogen and oxygen atoms in total. The number of aromatic nitrogens is 4. The summed E-state index contributed by atoms with van der Waals surface area (Å²) in [5.41, 5.74) is 5.62. The van der Waals surface area contributed by atoms with E-state index in [0.29, 0.717) is 11.2 Å². The molecule has 26 heavy (non-hydrogen) atoms. The van der Waals surface area contributed by atoms with Crippen molar-refractivity contribution in [2.45, 2.75) is 13.8 Å². The Labute approximate surface area is 149 Å². The number of benzene rings is 2. The van der Waals surface area contributed by atoms with E-state index >= 15 is 0 Å². The summed E-state index contributed by atoms with van der Waals surface area (Å²) >= 11 is 0. The first-order valence-corrected chi connectivity index (χ1v) is 8.49. The summed E-state index contributed by atoms with van der Waals surface area (Å²) < 4.78 is 3.64. The predicted octanol–water partition coefficient (Wildman–Crippen LogP) is 3.80. The summed E-state index contributed by atoms with van der Waals surface area (Å²) in [7, 11) is 0. The Morgan fingerprint density at radius 3 is 2.69 bits per heavy atom. The highest BCUT2D eigenvalue weighted by molar-refractivity contribution is 5.88. The molecule has 0 amide bonds. The molecule has 0 fully saturated rings. The van der Waals surface area contributed by atoms with Crippen molar-refractivity contribution in [3.63, 3.8) is 0 Å². The zero-order valence-electron chi connectivity index (χ0n) is 14.5. The van der Waals surface area contributed by atoms with Crippen LogP contribution in [-0.2, 0) is 0 Å². The van der Waals surface area contributed by atoms with Gasteiger partial charge in [-0.3, -0.25) is 13.8 Å². The van der Waals surface area contributed by atoms with Crippen molar-refractivity contribution in [3.8, 4) is 5.69 Å². The third-order valence-electron chi connectivity index (χ3n) is 4.82. The van der Waals surface area contributed by atoms with Crippen LogP contribution in [0.1, 0.15) is 11.1 Å². The van der Waals surface area contributed by atoms with Crippen molar-refractivity contribution in [1.82, 2.24) is 18.9 Å². The second-order valence-corrected chi connectivity index (χ2v) is 6.57. The second kappa shape index (κ2) is 5.26. The normalized spacial score (nSPS) is 11.6. The molecule has 5 heteroatoms. The Morgan fingerprint density at radius 2 is 1.81 bits per heavy atom. The van der Waals surface area contributed by atoms with Gasteiger partial charge in [-0.15, -0.1) is 0 Å². The Kier molecular flexibility index (Phi) is 3.00. The zero-order valence-corrected chi connectivity index (χ0v) is 14.5. The minimum absolute atomic E-state index is 0.0802. The third kappa shape index (κ3) is 2.00. The molecular weight excluding hydrogens is 324 g/mol. The van der Waals surface area contributed by atoms with Crippen LogP contribution in [0, 0.1) is 13.8 Å². The van der Waals surface area contributed by atoms with Crippen LogP contribution in [0.5, 0.6) is 0 Å². The van der Waals surface area contributed by atoms with Crippen molar-refractivity contribution in [1.29, 1.82) is 0 Å². The number of para-hydroxylation sites is 2. The van der Waals surface area contributed by atoms with Crippen LogP contribution in [0.4, 0.5) is 0 Å². The lowest BCUT2D eigenvalue weighted by molar-refractivity contribution is 0.984. The van der Waals surface area contributed by atoms with Gasteiger partial charge >= 0.3 is 0 Å². The van der Waals surface area contributed by atoms with Gasteiger partial charge in [0, 0.05) is 12.4 Å². The number of pyridine rings is 1. The van der Waals surface area contributed by atoms with Crippen molar-refractivity contribution >= 4 is 27.7 Å². The average Bonchev–Trinajstić information content (AvgIpc) is 3.03. The van der Waals surface area contributed by atoms with Crippen LogP contribution >= 0.6 is 0 Å². The zero-order chi connectivity index (χ0) is 17.8. The number of hydrogen-bond donors (Lipinski definition) is 0. The molecule has 0 aliphatic rings. The van der Waals surface area contributed by atoms with E-state index in [1.54, 1.807) is 10.8 Å². The molecular formula is C21H16N4O. The van der Waals surface area contributed by atoms with E-state index in [9.17, 15) is 4.79 Å². The van der Waals surface area contributed by atoms with Crippen molar-refractivity contribution in [2.75, 3.05) is 0 Å². The van der Waals surface area contributed by atoms with Crippen LogP contribution in [0.15, 0.2) is 65.7 Å². The summed E-state index contributed by atoms with van der Waals surface area (Å²) in [4.78, 5) is 22.1. The number of fused-ring (bicyclic) bond motifs is 5. The van der Waals surface area contributed by atoms with Crippen LogP contribution in [-0.4, -0.2) is 18.9 Å². The van der Waals surface area contributed by atoms with Crippen molar-refractivity contribution in [3.05, 3.63) is 82.4 Å². The van der Waals surface area contributed by atoms with Gasteiger partial charge in [0.1, 0.15) is 0 Å². The molecule has 5 rings (SSSR count). The number of hydrogen-bond acceptors (Lipinski definition) is 3. The number of aryl methyl sites for hydroxylation is 2. The van der Waals surface area contributed by atoms with E-state index in [2.05, 4.69) is 9.97 Å². The molecule has 5 aromatic rings. The maximum atomic E-state index is 13.2. The summed E-state index contributed by atoms with van der Waals surface area (Å²) in [5.74, 6) is 0.600. The van der Waals surface area contributed by atoms with Gasteiger partial charge in [-0.05, 0) is 49.2 Å². The lowest BCUT2D eigenvalue weighted by Crippen LogP contribution is -2.19. The Balaban J connectivity index is 1.89. The van der Waals surface area contributed by atoms with Crippen LogP contribution in [0.3, 0.4) is 0 Å². The fourth-order valence-corrected chi connectivity index (χ4v) is 3.49. The summed E-state index contributed by atoms with van der Waals surface area (Å²) in [6.07, 6.45) is 3.46. The molecule has 0 aliphatic heterocycles. The fraction of sp³-hybridized carbons (Fsp3) is 0.0952. The first kappa shape index (κ1) is 14.8. The molecule has 0 saturated carbocycles. The summed E-state index contributed by atoms with van der Waals surface area (Å²) in [6.45, 7) is 4.04. The van der Waals surface area contributed by atoms with Gasteiger partial charge in [-0.25, -0.2) is 9.97 Å². The Hall–Kier alpha value is -3.47. The second-order valence-electron chi connectivity index (χ2n) is 6.57. The third-order valence-corrected chi connectivity index (χ3v) is 4.82. The molecule has 2 aromatic carbocycles. The summed E-state index contributed by atoms with van der Waals surface area (Å²) in [5, 5.41) is 0.573. The minimum atomic E-state index is -0.0802. The maximum absolute atomic E-state index is 13.2. The molecule has 3 aromatic heterocycles. The van der Waals surface area contributed by atoms with Crippen molar-refractivity contribution < 1.29 is 0 Å². The van der Waals surface area contributed by atoms with Gasteiger partial charge in [-0.1, -0.05) is 24.3 Å². The van der Waals surface area contributed by atoms with E-state index in [-0.39, 0.29) is 5.56 Å². The van der Waals surface area contributed by atoms with Gasteiger partial charge in [-0.2, -0.15) is 0 Å². The lowest BCUT2D eigenvalue weighted by Gasteiger charge is -2.12. The largest absolute Gasteiger partial charge is 0.283 e. The Bertz CT molecular complexity index is 1380. The van der Waals surface area contributed by atoms with Crippen LogP contribution in [0.2, 0.25) is 0 Å². The molecule has 3 heterocycles. The SMILES string of the molecule is Cc1ccc(C)c(-n2ccc3c(cnc4nc5ccccc5n43)c2=O)c1. The van der Waals surface area contributed by atoms with E-state index in [0.717, 1.165) is 33.4 Å². The molecule has 0 N–H and O–H groups in total. The number of imidazole rings is 1. The molecule has 0 bridgehead atoms. The monoisotopic (exact) mass is 340 g/mol. The molecule has 0 unspecified atom stereocenters. The van der Waals surface area contributed by atoms with Gasteiger partial charge in [0.25, 0.3) is 5.56 Å². The molecule has 0 radical (unpaired) electrons. The quantitative estimate of drug-likeness (QED) is 0.466. The lowest BCUT2D eigenvalue weighted by atomic mass is 10.1. The van der Waals surface area contributed by atoms with Gasteiger partial charge in [0.05, 0.1) is 27.6 Å². The van der Waals surface area contributed by atoms with E-state index in [1.807, 2.05) is 73.0 Å². The number of nitrogens with zero attached hydrogens (tertiary/aromatic N) is 4. The maximum Gasteiger partial charge on any atom is 0.266 e. The van der Waals surface area contributed by atoms with E-state index in [1.165, 1.54) is 0 Å². The molecule has 0 spiro atoms. The van der Waals surface area contributed by atoms with Gasteiger partial charge in [0.15, 0.2) is 0 Å². The highest BCUT2D eigenvalue weighted by Gasteiger charge is 2.13. The van der Waals surface area contributed by atoms with Crippen LogP contribution < -0.4 is 5.56 Å². The molecule has 0 saturated heterocycles. The minimum Gasteiger partial charge on any atom is -0.283 e. The highest BCUT2D eigenvalue weighted by atomic mass is 16.1. The number of rotatable bonds is 1. The average molecular weight is 340 g/mol. The highest BCUT2D eigenvalue weighted by Crippen LogP contribution is 2.21.